The Hall–Kier alpha value is -2.48. The van der Waals surface area contributed by atoms with Gasteiger partial charge in [0.05, 0.1) is 6.10 Å². The van der Waals surface area contributed by atoms with Crippen LogP contribution in [0.3, 0.4) is 0 Å². The molecule has 8 nitrogen and oxygen atoms in total. The van der Waals surface area contributed by atoms with E-state index in [2.05, 4.69) is 15.1 Å². The van der Waals surface area contributed by atoms with Crippen molar-refractivity contribution in [3.8, 4) is 0 Å². The zero-order chi connectivity index (χ0) is 16.1. The molecular formula is C15H18N4O4. The summed E-state index contributed by atoms with van der Waals surface area (Å²) in [5, 5.41) is 12.6. The highest BCUT2D eigenvalue weighted by molar-refractivity contribution is 5.64. The maximum atomic E-state index is 11.0. The molecule has 8 heteroatoms. The minimum Gasteiger partial charge on any atom is -0.465 e. The van der Waals surface area contributed by atoms with Crippen molar-refractivity contribution in [1.82, 2.24) is 20.0 Å². The number of carboxylic acid groups (broad SMARTS) is 1. The molecule has 1 aliphatic heterocycles. The van der Waals surface area contributed by atoms with Crippen LogP contribution in [0.4, 0.5) is 4.79 Å². The van der Waals surface area contributed by atoms with Crippen LogP contribution in [-0.2, 0) is 11.3 Å². The number of amides is 1. The lowest BCUT2D eigenvalue weighted by Gasteiger charge is -2.34. The average Bonchev–Trinajstić information content (AvgIpc) is 3.10. The van der Waals surface area contributed by atoms with E-state index in [1.165, 1.54) is 11.2 Å². The van der Waals surface area contributed by atoms with Gasteiger partial charge in [-0.25, -0.2) is 4.79 Å². The summed E-state index contributed by atoms with van der Waals surface area (Å²) in [6.07, 6.45) is 5.28. The van der Waals surface area contributed by atoms with Crippen molar-refractivity contribution >= 4 is 6.09 Å². The Kier molecular flexibility index (Phi) is 4.82. The number of hydrogen-bond acceptors (Lipinski definition) is 6. The van der Waals surface area contributed by atoms with Crippen LogP contribution in [0, 0.1) is 5.92 Å². The van der Waals surface area contributed by atoms with E-state index in [-0.39, 0.29) is 18.6 Å². The molecule has 3 heterocycles. The van der Waals surface area contributed by atoms with Crippen molar-refractivity contribution in [3.63, 3.8) is 0 Å². The Labute approximate surface area is 133 Å². The molecule has 1 unspecified atom stereocenters. The Balaban J connectivity index is 1.69. The lowest BCUT2D eigenvalue weighted by atomic mass is 9.87. The third-order valence-electron chi connectivity index (χ3n) is 4.07. The summed E-state index contributed by atoms with van der Waals surface area (Å²) >= 11 is 0. The maximum absolute atomic E-state index is 11.0. The van der Waals surface area contributed by atoms with E-state index in [0.29, 0.717) is 19.0 Å². The fourth-order valence-electron chi connectivity index (χ4n) is 2.87. The van der Waals surface area contributed by atoms with Crippen LogP contribution in [0.1, 0.15) is 30.4 Å². The van der Waals surface area contributed by atoms with E-state index in [0.717, 1.165) is 18.4 Å². The van der Waals surface area contributed by atoms with Crippen LogP contribution in [0.15, 0.2) is 35.4 Å². The first-order valence-corrected chi connectivity index (χ1v) is 7.49. The van der Waals surface area contributed by atoms with E-state index >= 15 is 0 Å². The van der Waals surface area contributed by atoms with Gasteiger partial charge >= 0.3 is 6.09 Å². The highest BCUT2D eigenvalue weighted by atomic mass is 16.5. The summed E-state index contributed by atoms with van der Waals surface area (Å²) in [5.41, 5.74) is 1.02. The monoisotopic (exact) mass is 318 g/mol. The molecule has 0 aromatic carbocycles. The number of pyridine rings is 1. The summed E-state index contributed by atoms with van der Waals surface area (Å²) in [6, 6.07) is 3.84. The van der Waals surface area contributed by atoms with Crippen molar-refractivity contribution < 1.29 is 19.2 Å². The molecule has 1 fully saturated rings. The molecule has 1 saturated heterocycles. The second-order valence-electron chi connectivity index (χ2n) is 5.45. The van der Waals surface area contributed by atoms with Crippen LogP contribution in [-0.4, -0.2) is 44.3 Å². The van der Waals surface area contributed by atoms with E-state index in [1.54, 1.807) is 12.4 Å². The van der Waals surface area contributed by atoms with Crippen molar-refractivity contribution in [2.45, 2.75) is 25.6 Å². The minimum atomic E-state index is -0.865. The highest BCUT2D eigenvalue weighted by Crippen LogP contribution is 2.34. The molecule has 0 saturated carbocycles. The number of aromatic nitrogens is 3. The minimum absolute atomic E-state index is 0.152. The summed E-state index contributed by atoms with van der Waals surface area (Å²) < 4.78 is 11.0. The van der Waals surface area contributed by atoms with Crippen LogP contribution in [0.2, 0.25) is 0 Å². The lowest BCUT2D eigenvalue weighted by Crippen LogP contribution is -2.39. The molecule has 0 spiro atoms. The van der Waals surface area contributed by atoms with Crippen molar-refractivity contribution in [2.75, 3.05) is 13.1 Å². The normalized spacial score (nSPS) is 17.1. The molecule has 3 rings (SSSR count). The molecule has 0 bridgehead atoms. The third kappa shape index (κ3) is 3.84. The summed E-state index contributed by atoms with van der Waals surface area (Å²) in [4.78, 5) is 20.5. The molecule has 1 N–H and O–H groups in total. The van der Waals surface area contributed by atoms with Gasteiger partial charge in [0.15, 0.2) is 6.33 Å². The number of likely N-dealkylation sites (tertiary alicyclic amines) is 1. The molecule has 122 valence electrons. The molecular weight excluding hydrogens is 300 g/mol. The van der Waals surface area contributed by atoms with Crippen LogP contribution in [0.5, 0.6) is 0 Å². The largest absolute Gasteiger partial charge is 0.465 e. The predicted octanol–water partition coefficient (Wildman–Crippen LogP) is 2.11. The second kappa shape index (κ2) is 7.19. The molecule has 1 atom stereocenters. The van der Waals surface area contributed by atoms with Gasteiger partial charge in [-0.15, -0.1) is 0 Å². The Morgan fingerprint density at radius 1 is 1.39 bits per heavy atom. The molecule has 23 heavy (non-hydrogen) atoms. The van der Waals surface area contributed by atoms with Gasteiger partial charge in [-0.05, 0) is 36.5 Å². The first-order chi connectivity index (χ1) is 11.2. The van der Waals surface area contributed by atoms with E-state index in [4.69, 9.17) is 14.4 Å². The number of carbonyl (C=O) groups is 1. The smallest absolute Gasteiger partial charge is 0.407 e. The number of ether oxygens (including phenoxy) is 1. The summed E-state index contributed by atoms with van der Waals surface area (Å²) in [6.45, 7) is 1.27. The van der Waals surface area contributed by atoms with Gasteiger partial charge in [0, 0.05) is 25.5 Å². The number of rotatable bonds is 5. The van der Waals surface area contributed by atoms with E-state index in [9.17, 15) is 4.79 Å². The Bertz CT molecular complexity index is 612. The first kappa shape index (κ1) is 15.4. The first-order valence-electron chi connectivity index (χ1n) is 7.49. The van der Waals surface area contributed by atoms with Gasteiger partial charge in [0.1, 0.15) is 6.61 Å². The fourth-order valence-corrected chi connectivity index (χ4v) is 2.87. The zero-order valence-electron chi connectivity index (χ0n) is 12.5. The van der Waals surface area contributed by atoms with E-state index in [1.807, 2.05) is 12.1 Å². The number of piperidine rings is 1. The fraction of sp³-hybridized carbons (Fsp3) is 0.467. The Morgan fingerprint density at radius 2 is 2.13 bits per heavy atom. The van der Waals surface area contributed by atoms with Crippen molar-refractivity contribution in [1.29, 1.82) is 0 Å². The summed E-state index contributed by atoms with van der Waals surface area (Å²) in [7, 11) is 0. The third-order valence-corrected chi connectivity index (χ3v) is 4.07. The highest BCUT2D eigenvalue weighted by Gasteiger charge is 2.30. The van der Waals surface area contributed by atoms with E-state index < -0.39 is 6.09 Å². The van der Waals surface area contributed by atoms with Crippen molar-refractivity contribution in [2.24, 2.45) is 5.92 Å². The van der Waals surface area contributed by atoms with Crippen LogP contribution >= 0.6 is 0 Å². The number of nitrogens with zero attached hydrogens (tertiary/aromatic N) is 4. The quantitative estimate of drug-likeness (QED) is 0.900. The predicted molar refractivity (Wildman–Crippen MR) is 78.4 cm³/mol. The molecule has 1 amide bonds. The zero-order valence-corrected chi connectivity index (χ0v) is 12.5. The molecule has 2 aromatic heterocycles. The van der Waals surface area contributed by atoms with Gasteiger partial charge in [-0.2, -0.15) is 4.98 Å². The van der Waals surface area contributed by atoms with Gasteiger partial charge < -0.3 is 19.3 Å². The maximum Gasteiger partial charge on any atom is 0.407 e. The molecule has 2 aromatic rings. The van der Waals surface area contributed by atoms with Gasteiger partial charge in [0.2, 0.25) is 0 Å². The van der Waals surface area contributed by atoms with Crippen molar-refractivity contribution in [3.05, 3.63) is 42.3 Å². The average molecular weight is 318 g/mol. The second-order valence-corrected chi connectivity index (χ2v) is 5.45. The van der Waals surface area contributed by atoms with Gasteiger partial charge in [0.25, 0.3) is 5.89 Å². The summed E-state index contributed by atoms with van der Waals surface area (Å²) in [5.74, 6) is 0.656. The van der Waals surface area contributed by atoms with Crippen LogP contribution in [0.25, 0.3) is 0 Å². The van der Waals surface area contributed by atoms with Crippen LogP contribution < -0.4 is 0 Å². The molecule has 0 radical (unpaired) electrons. The number of hydrogen-bond donors (Lipinski definition) is 1. The standard InChI is InChI=1S/C15H18N4O4/c20-15(21)19-7-3-12(4-8-19)14(11-1-5-16-6-2-11)22-9-13-17-10-18-23-13/h1-2,5-6,10,12,14H,3-4,7-9H2,(H,20,21). The van der Waals surface area contributed by atoms with Gasteiger partial charge in [-0.3, -0.25) is 4.98 Å². The van der Waals surface area contributed by atoms with Gasteiger partial charge in [-0.1, -0.05) is 5.16 Å². The topological polar surface area (TPSA) is 102 Å². The molecule has 1 aliphatic rings. The lowest BCUT2D eigenvalue weighted by molar-refractivity contribution is -0.0288. The Morgan fingerprint density at radius 3 is 2.74 bits per heavy atom. The molecule has 0 aliphatic carbocycles. The SMILES string of the molecule is O=C(O)N1CCC(C(OCc2ncno2)c2ccncc2)CC1.